The average Bonchev–Trinajstić information content (AvgIpc) is 3.24. The number of benzene rings is 1. The van der Waals surface area contributed by atoms with E-state index < -0.39 is 29.4 Å². The lowest BCUT2D eigenvalue weighted by Gasteiger charge is -2.32. The zero-order valence-electron chi connectivity index (χ0n) is 16.0. The normalized spacial score (nSPS) is 23.0. The highest BCUT2D eigenvalue weighted by molar-refractivity contribution is 5.87. The van der Waals surface area contributed by atoms with Crippen molar-refractivity contribution in [2.24, 2.45) is 0 Å². The number of hydrogen-bond acceptors (Lipinski definition) is 3. The first-order valence-electron chi connectivity index (χ1n) is 9.41. The molecule has 0 aliphatic carbocycles. The molecule has 2 aliphatic rings. The number of ether oxygens (including phenoxy) is 1. The van der Waals surface area contributed by atoms with Crippen molar-refractivity contribution in [3.63, 3.8) is 0 Å². The minimum absolute atomic E-state index is 0.148. The summed E-state index contributed by atoms with van der Waals surface area (Å²) in [5.41, 5.74) is -0.157. The van der Waals surface area contributed by atoms with E-state index in [2.05, 4.69) is 0 Å². The summed E-state index contributed by atoms with van der Waals surface area (Å²) in [5.74, 6) is -2.41. The maximum Gasteiger partial charge on any atom is 0.410 e. The van der Waals surface area contributed by atoms with E-state index in [4.69, 9.17) is 4.74 Å². The van der Waals surface area contributed by atoms with Gasteiger partial charge in [-0.05, 0) is 57.7 Å². The molecule has 148 valence electrons. The van der Waals surface area contributed by atoms with Crippen molar-refractivity contribution in [2.45, 2.75) is 57.6 Å². The minimum Gasteiger partial charge on any atom is -0.444 e. The maximum atomic E-state index is 13.8. The fraction of sp³-hybridized carbons (Fsp3) is 0.600. The van der Waals surface area contributed by atoms with Crippen LogP contribution >= 0.6 is 0 Å². The summed E-state index contributed by atoms with van der Waals surface area (Å²) < 4.78 is 32.6. The van der Waals surface area contributed by atoms with Gasteiger partial charge in [-0.15, -0.1) is 0 Å². The molecule has 0 N–H and O–H groups in total. The predicted octanol–water partition coefficient (Wildman–Crippen LogP) is 3.68. The van der Waals surface area contributed by atoms with Crippen LogP contribution in [0.5, 0.6) is 0 Å². The van der Waals surface area contributed by atoms with Gasteiger partial charge in [-0.25, -0.2) is 13.6 Å². The summed E-state index contributed by atoms with van der Waals surface area (Å²) in [4.78, 5) is 29.1. The second-order valence-corrected chi connectivity index (χ2v) is 8.22. The molecule has 2 aliphatic heterocycles. The number of rotatable bonds is 2. The topological polar surface area (TPSA) is 49.9 Å². The summed E-state index contributed by atoms with van der Waals surface area (Å²) in [7, 11) is 0. The molecule has 0 radical (unpaired) electrons. The van der Waals surface area contributed by atoms with E-state index in [9.17, 15) is 18.4 Å². The third kappa shape index (κ3) is 4.22. The highest BCUT2D eigenvalue weighted by Gasteiger charge is 2.46. The molecule has 2 amide bonds. The molecule has 0 aromatic heterocycles. The number of amides is 2. The molecule has 2 unspecified atom stereocenters. The van der Waals surface area contributed by atoms with Crippen molar-refractivity contribution in [1.29, 1.82) is 0 Å². The number of nitrogens with zero attached hydrogens (tertiary/aromatic N) is 2. The fourth-order valence-electron chi connectivity index (χ4n) is 3.84. The van der Waals surface area contributed by atoms with Gasteiger partial charge in [-0.2, -0.15) is 0 Å². The Morgan fingerprint density at radius 1 is 1.07 bits per heavy atom. The summed E-state index contributed by atoms with van der Waals surface area (Å²) in [5, 5.41) is 0. The van der Waals surface area contributed by atoms with Crippen LogP contribution in [0.2, 0.25) is 0 Å². The lowest BCUT2D eigenvalue weighted by molar-refractivity contribution is -0.135. The van der Waals surface area contributed by atoms with Crippen LogP contribution in [0, 0.1) is 11.6 Å². The van der Waals surface area contributed by atoms with Gasteiger partial charge in [0.05, 0.1) is 0 Å². The zero-order valence-corrected chi connectivity index (χ0v) is 16.0. The van der Waals surface area contributed by atoms with E-state index in [0.717, 1.165) is 25.0 Å². The molecule has 5 nitrogen and oxygen atoms in total. The molecular formula is C20H26F2N2O3. The van der Waals surface area contributed by atoms with Crippen molar-refractivity contribution < 1.29 is 23.1 Å². The van der Waals surface area contributed by atoms with E-state index in [1.807, 2.05) is 0 Å². The summed E-state index contributed by atoms with van der Waals surface area (Å²) in [6, 6.07) is 2.93. The van der Waals surface area contributed by atoms with Crippen molar-refractivity contribution in [2.75, 3.05) is 19.6 Å². The van der Waals surface area contributed by atoms with Gasteiger partial charge in [0, 0.05) is 25.6 Å². The minimum atomic E-state index is -0.949. The second-order valence-electron chi connectivity index (χ2n) is 8.22. The van der Waals surface area contributed by atoms with Crippen LogP contribution in [0.15, 0.2) is 18.2 Å². The molecule has 1 aromatic carbocycles. The van der Waals surface area contributed by atoms with Crippen molar-refractivity contribution >= 4 is 12.0 Å². The number of carbonyl (C=O) groups is 2. The Bertz CT molecular complexity index is 726. The molecule has 0 saturated carbocycles. The Labute approximate surface area is 158 Å². The Hall–Kier alpha value is -2.18. The first-order valence-corrected chi connectivity index (χ1v) is 9.41. The number of hydrogen-bond donors (Lipinski definition) is 0. The van der Waals surface area contributed by atoms with E-state index in [-0.39, 0.29) is 11.8 Å². The van der Waals surface area contributed by atoms with E-state index in [1.54, 1.807) is 25.7 Å². The molecule has 2 heterocycles. The third-order valence-corrected chi connectivity index (χ3v) is 5.07. The Morgan fingerprint density at radius 2 is 1.74 bits per heavy atom. The summed E-state index contributed by atoms with van der Waals surface area (Å²) in [6.07, 6.45) is 1.81. The average molecular weight is 380 g/mol. The number of carbonyl (C=O) groups excluding carboxylic acids is 2. The van der Waals surface area contributed by atoms with Crippen LogP contribution in [0.1, 0.15) is 51.5 Å². The molecular weight excluding hydrogens is 354 g/mol. The van der Waals surface area contributed by atoms with Gasteiger partial charge in [-0.1, -0.05) is 6.07 Å². The van der Waals surface area contributed by atoms with Gasteiger partial charge in [0.15, 0.2) is 11.6 Å². The lowest BCUT2D eigenvalue weighted by atomic mass is 9.90. The quantitative estimate of drug-likeness (QED) is 0.786. The van der Waals surface area contributed by atoms with Crippen LogP contribution < -0.4 is 0 Å². The second kappa shape index (κ2) is 7.44. The largest absolute Gasteiger partial charge is 0.444 e. The zero-order chi connectivity index (χ0) is 19.8. The van der Waals surface area contributed by atoms with Crippen molar-refractivity contribution in [1.82, 2.24) is 9.80 Å². The van der Waals surface area contributed by atoms with Gasteiger partial charge in [0.25, 0.3) is 0 Å². The van der Waals surface area contributed by atoms with Crippen LogP contribution in [-0.4, -0.2) is 53.1 Å². The highest BCUT2D eigenvalue weighted by atomic mass is 19.2. The standard InChI is InChI=1S/C20H26F2N2O3/c1-20(2,3)27-19(26)24-11-8-14(13-6-7-15(21)16(22)12-13)17(24)18(25)23-9-4-5-10-23/h6-7,12,14,17H,4-5,8-11H2,1-3H3. The Balaban J connectivity index is 1.91. The molecule has 27 heavy (non-hydrogen) atoms. The summed E-state index contributed by atoms with van der Waals surface area (Å²) >= 11 is 0. The van der Waals surface area contributed by atoms with Crippen LogP contribution in [-0.2, 0) is 9.53 Å². The Morgan fingerprint density at radius 3 is 2.33 bits per heavy atom. The van der Waals surface area contributed by atoms with Gasteiger partial charge in [0.2, 0.25) is 5.91 Å². The fourth-order valence-corrected chi connectivity index (χ4v) is 3.84. The third-order valence-electron chi connectivity index (χ3n) is 5.07. The van der Waals surface area contributed by atoms with Gasteiger partial charge in [-0.3, -0.25) is 9.69 Å². The monoisotopic (exact) mass is 380 g/mol. The van der Waals surface area contributed by atoms with E-state index >= 15 is 0 Å². The highest BCUT2D eigenvalue weighted by Crippen LogP contribution is 2.36. The van der Waals surface area contributed by atoms with Crippen LogP contribution in [0.25, 0.3) is 0 Å². The molecule has 0 bridgehead atoms. The van der Waals surface area contributed by atoms with Gasteiger partial charge < -0.3 is 9.64 Å². The Kier molecular flexibility index (Phi) is 5.40. The molecule has 2 atom stereocenters. The smallest absolute Gasteiger partial charge is 0.410 e. The van der Waals surface area contributed by atoms with E-state index in [0.29, 0.717) is 31.6 Å². The van der Waals surface area contributed by atoms with Crippen molar-refractivity contribution in [3.05, 3.63) is 35.4 Å². The molecule has 2 saturated heterocycles. The molecule has 0 spiro atoms. The predicted molar refractivity (Wildman–Crippen MR) is 96.3 cm³/mol. The molecule has 2 fully saturated rings. The summed E-state index contributed by atoms with van der Waals surface area (Å²) in [6.45, 7) is 6.95. The lowest BCUT2D eigenvalue weighted by Crippen LogP contribution is -2.50. The number of likely N-dealkylation sites (tertiary alicyclic amines) is 2. The van der Waals surface area contributed by atoms with Gasteiger partial charge >= 0.3 is 6.09 Å². The van der Waals surface area contributed by atoms with Crippen molar-refractivity contribution in [3.8, 4) is 0 Å². The molecule has 7 heteroatoms. The number of halogens is 2. The SMILES string of the molecule is CC(C)(C)OC(=O)N1CCC(c2ccc(F)c(F)c2)C1C(=O)N1CCCC1. The maximum absolute atomic E-state index is 13.8. The van der Waals surface area contributed by atoms with E-state index in [1.165, 1.54) is 11.0 Å². The van der Waals surface area contributed by atoms with Gasteiger partial charge in [0.1, 0.15) is 11.6 Å². The first-order chi connectivity index (χ1) is 12.7. The molecule has 3 rings (SSSR count). The van der Waals surface area contributed by atoms with Crippen LogP contribution in [0.4, 0.5) is 13.6 Å². The first kappa shape index (κ1) is 19.6. The van der Waals surface area contributed by atoms with Crippen LogP contribution in [0.3, 0.4) is 0 Å². The molecule has 1 aromatic rings.